The Morgan fingerprint density at radius 2 is 1.73 bits per heavy atom. The standard InChI is InChI=1S/C32H32F2N6O4.CH4/c1-2-14-38-20-30(42)39-28(15-22-8-12-26(13-9-22)36-21-41)31(43)37(18-24-10-11-25(33)16-27(24)34)19-29(39)40(38)32(44)35-17-23-6-4-3-5-7-23;/h2-13,16,21,28-29H,1,14-15,17-20H2,(H,35,44)(H,36,41);1H4/t28-,29-;/m0./s1. The molecule has 2 aliphatic rings. The highest BCUT2D eigenvalue weighted by Crippen LogP contribution is 2.30. The zero-order valence-electron chi connectivity index (χ0n) is 23.9. The molecule has 3 aromatic carbocycles. The minimum atomic E-state index is -1.02. The van der Waals surface area contributed by atoms with E-state index in [0.29, 0.717) is 17.7 Å². The van der Waals surface area contributed by atoms with Gasteiger partial charge in [0, 0.05) is 43.4 Å². The van der Waals surface area contributed by atoms with Crippen LogP contribution in [0.4, 0.5) is 19.3 Å². The Morgan fingerprint density at radius 3 is 2.40 bits per heavy atom. The van der Waals surface area contributed by atoms with Crippen molar-refractivity contribution in [2.24, 2.45) is 0 Å². The van der Waals surface area contributed by atoms with Crippen LogP contribution in [0.25, 0.3) is 0 Å². The lowest BCUT2D eigenvalue weighted by molar-refractivity contribution is -0.189. The Kier molecular flexibility index (Phi) is 10.6. The molecule has 5 rings (SSSR count). The first-order chi connectivity index (χ1) is 21.3. The van der Waals surface area contributed by atoms with Gasteiger partial charge in [0.2, 0.25) is 18.2 Å². The fourth-order valence-corrected chi connectivity index (χ4v) is 5.58. The van der Waals surface area contributed by atoms with Gasteiger partial charge in [-0.15, -0.1) is 6.58 Å². The Balaban J connectivity index is 0.00000461. The van der Waals surface area contributed by atoms with E-state index in [4.69, 9.17) is 0 Å². The van der Waals surface area contributed by atoms with E-state index in [-0.39, 0.29) is 58.0 Å². The molecule has 2 heterocycles. The van der Waals surface area contributed by atoms with E-state index in [9.17, 15) is 28.0 Å². The Morgan fingerprint density at radius 1 is 1.00 bits per heavy atom. The number of urea groups is 1. The van der Waals surface area contributed by atoms with Crippen molar-refractivity contribution in [2.45, 2.75) is 39.1 Å². The fraction of sp³-hybridized carbons (Fsp3) is 0.273. The van der Waals surface area contributed by atoms with Gasteiger partial charge < -0.3 is 20.4 Å². The third-order valence-electron chi connectivity index (χ3n) is 7.65. The molecule has 0 aliphatic carbocycles. The molecule has 0 unspecified atom stereocenters. The van der Waals surface area contributed by atoms with Crippen LogP contribution in [0.5, 0.6) is 0 Å². The summed E-state index contributed by atoms with van der Waals surface area (Å²) in [7, 11) is 0. The van der Waals surface area contributed by atoms with E-state index >= 15 is 0 Å². The number of fused-ring (bicyclic) bond motifs is 1. The number of piperazine rings is 1. The Hall–Kier alpha value is -5.10. The van der Waals surface area contributed by atoms with E-state index in [0.717, 1.165) is 17.7 Å². The number of nitrogens with one attached hydrogen (secondary N) is 2. The molecule has 5 amide bonds. The minimum Gasteiger partial charge on any atom is -0.333 e. The maximum absolute atomic E-state index is 14.7. The predicted molar refractivity (Wildman–Crippen MR) is 165 cm³/mol. The molecule has 2 aliphatic heterocycles. The van der Waals surface area contributed by atoms with Crippen molar-refractivity contribution < 1.29 is 28.0 Å². The van der Waals surface area contributed by atoms with Crippen LogP contribution in [0.2, 0.25) is 0 Å². The van der Waals surface area contributed by atoms with Gasteiger partial charge in [-0.1, -0.05) is 62.0 Å². The van der Waals surface area contributed by atoms with Gasteiger partial charge in [-0.25, -0.2) is 23.6 Å². The minimum absolute atomic E-state index is 0. The highest BCUT2D eigenvalue weighted by molar-refractivity contribution is 5.91. The molecule has 2 fully saturated rings. The number of hydrogen-bond donors (Lipinski definition) is 2. The van der Waals surface area contributed by atoms with Crippen molar-refractivity contribution in [1.82, 2.24) is 25.1 Å². The number of nitrogens with zero attached hydrogens (tertiary/aromatic N) is 4. The first-order valence-electron chi connectivity index (χ1n) is 14.1. The van der Waals surface area contributed by atoms with E-state index in [2.05, 4.69) is 17.2 Å². The predicted octanol–water partition coefficient (Wildman–Crippen LogP) is 3.91. The van der Waals surface area contributed by atoms with Crippen LogP contribution in [0.3, 0.4) is 0 Å². The molecule has 0 bridgehead atoms. The van der Waals surface area contributed by atoms with Gasteiger partial charge in [-0.3, -0.25) is 14.4 Å². The van der Waals surface area contributed by atoms with Gasteiger partial charge in [0.25, 0.3) is 0 Å². The molecule has 12 heteroatoms. The van der Waals surface area contributed by atoms with E-state index < -0.39 is 35.8 Å². The summed E-state index contributed by atoms with van der Waals surface area (Å²) in [5, 5.41) is 8.46. The van der Waals surface area contributed by atoms with Gasteiger partial charge in [0.1, 0.15) is 23.8 Å². The number of hydrazine groups is 1. The summed E-state index contributed by atoms with van der Waals surface area (Å²) in [4.78, 5) is 55.1. The van der Waals surface area contributed by atoms with Gasteiger partial charge >= 0.3 is 6.03 Å². The van der Waals surface area contributed by atoms with Crippen LogP contribution in [0.15, 0.2) is 85.5 Å². The van der Waals surface area contributed by atoms with Crippen molar-refractivity contribution in [2.75, 3.05) is 25.0 Å². The monoisotopic (exact) mass is 618 g/mol. The quantitative estimate of drug-likeness (QED) is 0.265. The van der Waals surface area contributed by atoms with E-state index in [1.54, 1.807) is 35.4 Å². The zero-order chi connectivity index (χ0) is 31.2. The summed E-state index contributed by atoms with van der Waals surface area (Å²) < 4.78 is 28.4. The molecule has 0 saturated carbocycles. The fourth-order valence-electron chi connectivity index (χ4n) is 5.58. The van der Waals surface area contributed by atoms with Crippen LogP contribution in [0, 0.1) is 11.6 Å². The number of halogens is 2. The van der Waals surface area contributed by atoms with Crippen LogP contribution in [0.1, 0.15) is 24.1 Å². The largest absolute Gasteiger partial charge is 0.334 e. The second kappa shape index (κ2) is 14.6. The normalized spacial score (nSPS) is 18.1. The first kappa shape index (κ1) is 32.8. The smallest absolute Gasteiger partial charge is 0.333 e. The molecular formula is C33H36F2N6O4. The molecule has 0 aromatic heterocycles. The van der Waals surface area contributed by atoms with Crippen LogP contribution < -0.4 is 10.6 Å². The first-order valence-corrected chi connectivity index (χ1v) is 14.1. The summed E-state index contributed by atoms with van der Waals surface area (Å²) in [5.74, 6) is -2.34. The van der Waals surface area contributed by atoms with Crippen molar-refractivity contribution in [1.29, 1.82) is 0 Å². The van der Waals surface area contributed by atoms with Gasteiger partial charge in [0.05, 0.1) is 13.1 Å². The number of benzene rings is 3. The van der Waals surface area contributed by atoms with Crippen molar-refractivity contribution >= 4 is 29.9 Å². The molecule has 2 saturated heterocycles. The second-order valence-corrected chi connectivity index (χ2v) is 10.5. The molecule has 3 aromatic rings. The van der Waals surface area contributed by atoms with Crippen LogP contribution in [-0.4, -0.2) is 75.9 Å². The average Bonchev–Trinajstić information content (AvgIpc) is 3.01. The molecule has 0 radical (unpaired) electrons. The molecule has 0 spiro atoms. The second-order valence-electron chi connectivity index (χ2n) is 10.5. The molecule has 2 atom stereocenters. The summed E-state index contributed by atoms with van der Waals surface area (Å²) in [5.41, 5.74) is 2.23. The topological polar surface area (TPSA) is 105 Å². The summed E-state index contributed by atoms with van der Waals surface area (Å²) in [6.45, 7) is 3.73. The molecule has 10 nitrogen and oxygen atoms in total. The van der Waals surface area contributed by atoms with Crippen molar-refractivity contribution in [3.8, 4) is 0 Å². The number of amides is 5. The molecule has 236 valence electrons. The SMILES string of the molecule is C.C=CCN1CC(=O)N2[C@@H](Cc3ccc(NC=O)cc3)C(=O)N(Cc3ccc(F)cc3F)C[C@@H]2N1C(=O)NCc1ccccc1. The highest BCUT2D eigenvalue weighted by Gasteiger charge is 2.51. The number of rotatable bonds is 10. The van der Waals surface area contributed by atoms with Gasteiger partial charge in [0.15, 0.2) is 0 Å². The maximum Gasteiger partial charge on any atom is 0.334 e. The van der Waals surface area contributed by atoms with Crippen molar-refractivity contribution in [3.63, 3.8) is 0 Å². The summed E-state index contributed by atoms with van der Waals surface area (Å²) in [6.07, 6.45) is 1.31. The molecule has 2 N–H and O–H groups in total. The lowest BCUT2D eigenvalue weighted by Gasteiger charge is -2.55. The summed E-state index contributed by atoms with van der Waals surface area (Å²) >= 11 is 0. The third kappa shape index (κ3) is 7.35. The lowest BCUT2D eigenvalue weighted by atomic mass is 9.98. The molecular weight excluding hydrogens is 582 g/mol. The third-order valence-corrected chi connectivity index (χ3v) is 7.65. The van der Waals surface area contributed by atoms with Crippen LogP contribution >= 0.6 is 0 Å². The average molecular weight is 619 g/mol. The lowest BCUT2D eigenvalue weighted by Crippen LogP contribution is -2.76. The number of carbonyl (C=O) groups excluding carboxylic acids is 4. The number of anilines is 1. The van der Waals surface area contributed by atoms with E-state index in [1.807, 2.05) is 30.3 Å². The van der Waals surface area contributed by atoms with E-state index in [1.165, 1.54) is 20.9 Å². The molecule has 45 heavy (non-hydrogen) atoms. The Bertz CT molecular complexity index is 1540. The number of hydrogen-bond acceptors (Lipinski definition) is 5. The van der Waals surface area contributed by atoms with Gasteiger partial charge in [-0.2, -0.15) is 0 Å². The zero-order valence-corrected chi connectivity index (χ0v) is 23.9. The summed E-state index contributed by atoms with van der Waals surface area (Å²) in [6, 6.07) is 17.8. The Labute approximate surface area is 260 Å². The van der Waals surface area contributed by atoms with Crippen molar-refractivity contribution in [3.05, 3.63) is 114 Å². The maximum atomic E-state index is 14.7. The highest BCUT2D eigenvalue weighted by atomic mass is 19.1. The number of carbonyl (C=O) groups is 4. The van der Waals surface area contributed by atoms with Gasteiger partial charge in [-0.05, 0) is 29.3 Å². The van der Waals surface area contributed by atoms with Crippen LogP contribution in [-0.2, 0) is 33.9 Å².